The number of nitrogens with one attached hydrogen (secondary N) is 1. The van der Waals surface area contributed by atoms with Gasteiger partial charge in [0.2, 0.25) is 5.91 Å². The molecule has 0 saturated heterocycles. The van der Waals surface area contributed by atoms with E-state index in [9.17, 15) is 18.0 Å². The lowest BCUT2D eigenvalue weighted by Crippen LogP contribution is -2.28. The summed E-state index contributed by atoms with van der Waals surface area (Å²) in [5.74, 6) is 0.511. The SMILES string of the molecule is O=C(CC1(CS)CC1)NCCCC(F)(F)F. The van der Waals surface area contributed by atoms with Gasteiger partial charge in [0.15, 0.2) is 0 Å². The molecule has 0 atom stereocenters. The van der Waals surface area contributed by atoms with Gasteiger partial charge in [-0.3, -0.25) is 4.79 Å². The summed E-state index contributed by atoms with van der Waals surface area (Å²) in [5.41, 5.74) is 0.0250. The highest BCUT2D eigenvalue weighted by molar-refractivity contribution is 7.80. The molecule has 0 radical (unpaired) electrons. The van der Waals surface area contributed by atoms with Crippen LogP contribution in [0.3, 0.4) is 0 Å². The van der Waals surface area contributed by atoms with Crippen LogP contribution in [0.25, 0.3) is 0 Å². The van der Waals surface area contributed by atoms with Gasteiger partial charge in [-0.25, -0.2) is 0 Å². The highest BCUT2D eigenvalue weighted by Crippen LogP contribution is 2.49. The van der Waals surface area contributed by atoms with Crippen LogP contribution in [-0.2, 0) is 4.79 Å². The van der Waals surface area contributed by atoms with Crippen molar-refractivity contribution in [1.82, 2.24) is 5.32 Å². The molecule has 1 aliphatic carbocycles. The van der Waals surface area contributed by atoms with Gasteiger partial charge in [-0.1, -0.05) is 0 Å². The number of halogens is 3. The number of hydrogen-bond donors (Lipinski definition) is 2. The zero-order valence-electron chi connectivity index (χ0n) is 8.94. The van der Waals surface area contributed by atoms with Gasteiger partial charge in [0.1, 0.15) is 0 Å². The Morgan fingerprint density at radius 3 is 2.44 bits per heavy atom. The molecule has 16 heavy (non-hydrogen) atoms. The number of carbonyl (C=O) groups excluding carboxylic acids is 1. The summed E-state index contributed by atoms with van der Waals surface area (Å²) in [6.07, 6.45) is -2.65. The number of thiol groups is 1. The van der Waals surface area contributed by atoms with Gasteiger partial charge in [-0.05, 0) is 30.4 Å². The Balaban J connectivity index is 2.07. The molecule has 1 fully saturated rings. The molecule has 1 N–H and O–H groups in total. The van der Waals surface area contributed by atoms with Crippen LogP contribution in [0.15, 0.2) is 0 Å². The summed E-state index contributed by atoms with van der Waals surface area (Å²) in [6, 6.07) is 0. The summed E-state index contributed by atoms with van der Waals surface area (Å²) in [6.45, 7) is 0.0982. The van der Waals surface area contributed by atoms with Crippen LogP contribution in [0.2, 0.25) is 0 Å². The predicted octanol–water partition coefficient (Wildman–Crippen LogP) is 2.55. The Morgan fingerprint density at radius 1 is 1.38 bits per heavy atom. The van der Waals surface area contributed by atoms with Crippen molar-refractivity contribution in [2.75, 3.05) is 12.3 Å². The van der Waals surface area contributed by atoms with Crippen LogP contribution in [0, 0.1) is 5.41 Å². The molecule has 94 valence electrons. The molecule has 0 aromatic carbocycles. The molecule has 0 aromatic heterocycles. The predicted molar refractivity (Wildman–Crippen MR) is 58.4 cm³/mol. The zero-order chi connectivity index (χ0) is 12.2. The number of alkyl halides is 3. The van der Waals surface area contributed by atoms with E-state index < -0.39 is 12.6 Å². The van der Waals surface area contributed by atoms with E-state index in [0.29, 0.717) is 12.2 Å². The second-order valence-corrected chi connectivity index (χ2v) is 4.72. The zero-order valence-corrected chi connectivity index (χ0v) is 9.83. The van der Waals surface area contributed by atoms with Crippen molar-refractivity contribution >= 4 is 18.5 Å². The Hall–Kier alpha value is -0.390. The van der Waals surface area contributed by atoms with Crippen LogP contribution in [0.5, 0.6) is 0 Å². The Labute approximate surface area is 98.4 Å². The smallest absolute Gasteiger partial charge is 0.356 e. The molecular formula is C10H16F3NOS. The number of carbonyl (C=O) groups is 1. The molecule has 0 aromatic rings. The topological polar surface area (TPSA) is 29.1 Å². The van der Waals surface area contributed by atoms with Gasteiger partial charge in [0.05, 0.1) is 0 Å². The van der Waals surface area contributed by atoms with Crippen molar-refractivity contribution in [2.45, 2.75) is 38.3 Å². The van der Waals surface area contributed by atoms with Crippen molar-refractivity contribution in [3.8, 4) is 0 Å². The maximum atomic E-state index is 11.8. The standard InChI is InChI=1S/C10H16F3NOS/c11-10(12,13)2-1-5-14-8(15)6-9(7-16)3-4-9/h16H,1-7H2,(H,14,15). The van der Waals surface area contributed by atoms with E-state index in [4.69, 9.17) is 0 Å². The van der Waals surface area contributed by atoms with Crippen molar-refractivity contribution in [3.63, 3.8) is 0 Å². The molecule has 0 unspecified atom stereocenters. The number of hydrogen-bond acceptors (Lipinski definition) is 2. The first-order valence-electron chi connectivity index (χ1n) is 5.31. The highest BCUT2D eigenvalue weighted by atomic mass is 32.1. The van der Waals surface area contributed by atoms with Gasteiger partial charge < -0.3 is 5.32 Å². The summed E-state index contributed by atoms with van der Waals surface area (Å²) in [7, 11) is 0. The largest absolute Gasteiger partial charge is 0.389 e. The van der Waals surface area contributed by atoms with Crippen LogP contribution in [0.1, 0.15) is 32.1 Å². The molecular weight excluding hydrogens is 239 g/mol. The van der Waals surface area contributed by atoms with E-state index in [-0.39, 0.29) is 24.3 Å². The van der Waals surface area contributed by atoms with Gasteiger partial charge in [-0.15, -0.1) is 0 Å². The van der Waals surface area contributed by atoms with Crippen LogP contribution in [-0.4, -0.2) is 24.4 Å². The van der Waals surface area contributed by atoms with Crippen molar-refractivity contribution in [2.24, 2.45) is 5.41 Å². The normalized spacial score (nSPS) is 18.2. The first kappa shape index (κ1) is 13.7. The molecule has 1 aliphatic rings. The first-order valence-corrected chi connectivity index (χ1v) is 5.94. The highest BCUT2D eigenvalue weighted by Gasteiger charge is 2.42. The molecule has 0 bridgehead atoms. The molecule has 2 nitrogen and oxygen atoms in total. The van der Waals surface area contributed by atoms with Gasteiger partial charge in [-0.2, -0.15) is 25.8 Å². The summed E-state index contributed by atoms with van der Waals surface area (Å²) in [5, 5.41) is 2.51. The van der Waals surface area contributed by atoms with E-state index in [2.05, 4.69) is 17.9 Å². The first-order chi connectivity index (χ1) is 7.37. The summed E-state index contributed by atoms with van der Waals surface area (Å²) in [4.78, 5) is 11.4. The van der Waals surface area contributed by atoms with E-state index in [1.807, 2.05) is 0 Å². The molecule has 0 heterocycles. The van der Waals surface area contributed by atoms with Crippen LogP contribution in [0.4, 0.5) is 13.2 Å². The quantitative estimate of drug-likeness (QED) is 0.554. The minimum Gasteiger partial charge on any atom is -0.356 e. The maximum Gasteiger partial charge on any atom is 0.389 e. The van der Waals surface area contributed by atoms with E-state index in [1.54, 1.807) is 0 Å². The van der Waals surface area contributed by atoms with E-state index >= 15 is 0 Å². The average molecular weight is 255 g/mol. The Bertz CT molecular complexity index is 251. The van der Waals surface area contributed by atoms with E-state index in [1.165, 1.54) is 0 Å². The lowest BCUT2D eigenvalue weighted by atomic mass is 10.1. The summed E-state index contributed by atoms with van der Waals surface area (Å²) < 4.78 is 35.4. The Kier molecular flexibility index (Phi) is 4.52. The van der Waals surface area contributed by atoms with Crippen molar-refractivity contribution in [1.29, 1.82) is 0 Å². The molecule has 1 rings (SSSR count). The van der Waals surface area contributed by atoms with Gasteiger partial charge in [0.25, 0.3) is 0 Å². The lowest BCUT2D eigenvalue weighted by molar-refractivity contribution is -0.136. The molecule has 0 spiro atoms. The average Bonchev–Trinajstić information content (AvgIpc) is 2.92. The van der Waals surface area contributed by atoms with E-state index in [0.717, 1.165) is 12.8 Å². The number of amides is 1. The minimum atomic E-state index is -4.13. The van der Waals surface area contributed by atoms with Crippen LogP contribution >= 0.6 is 12.6 Å². The van der Waals surface area contributed by atoms with Crippen molar-refractivity contribution < 1.29 is 18.0 Å². The van der Waals surface area contributed by atoms with Crippen molar-refractivity contribution in [3.05, 3.63) is 0 Å². The summed E-state index contributed by atoms with van der Waals surface area (Å²) >= 11 is 4.16. The Morgan fingerprint density at radius 2 is 2.00 bits per heavy atom. The third kappa shape index (κ3) is 5.09. The fraction of sp³-hybridized carbons (Fsp3) is 0.900. The van der Waals surface area contributed by atoms with Gasteiger partial charge >= 0.3 is 6.18 Å². The second kappa shape index (κ2) is 5.29. The monoisotopic (exact) mass is 255 g/mol. The third-order valence-electron chi connectivity index (χ3n) is 2.79. The maximum absolute atomic E-state index is 11.8. The van der Waals surface area contributed by atoms with Gasteiger partial charge in [0, 0.05) is 19.4 Å². The molecule has 6 heteroatoms. The molecule has 1 amide bonds. The van der Waals surface area contributed by atoms with Crippen LogP contribution < -0.4 is 5.32 Å². The molecule has 0 aliphatic heterocycles. The second-order valence-electron chi connectivity index (χ2n) is 4.40. The minimum absolute atomic E-state index is 0.0250. The fourth-order valence-electron chi connectivity index (χ4n) is 1.49. The molecule has 1 saturated carbocycles. The third-order valence-corrected chi connectivity index (χ3v) is 3.46. The number of rotatable bonds is 6. The lowest BCUT2D eigenvalue weighted by Gasteiger charge is -2.12. The fourth-order valence-corrected chi connectivity index (χ4v) is 1.92.